The summed E-state index contributed by atoms with van der Waals surface area (Å²) in [5, 5.41) is -0.436. The molecule has 1 saturated carbocycles. The number of halogens is 1. The van der Waals surface area contributed by atoms with Crippen molar-refractivity contribution in [3.8, 4) is 5.75 Å². The zero-order chi connectivity index (χ0) is 15.5. The van der Waals surface area contributed by atoms with Crippen molar-refractivity contribution >= 4 is 26.0 Å². The number of nitrogens with zero attached hydrogens (tertiary/aromatic N) is 1. The van der Waals surface area contributed by atoms with Crippen molar-refractivity contribution < 1.29 is 13.2 Å². The van der Waals surface area contributed by atoms with Crippen molar-refractivity contribution in [1.82, 2.24) is 9.71 Å². The van der Waals surface area contributed by atoms with Crippen LogP contribution in [0.4, 0.5) is 0 Å². The molecule has 21 heavy (non-hydrogen) atoms. The van der Waals surface area contributed by atoms with Crippen molar-refractivity contribution in [2.75, 3.05) is 0 Å². The minimum absolute atomic E-state index is 0.143. The van der Waals surface area contributed by atoms with Crippen LogP contribution in [-0.2, 0) is 10.0 Å². The molecule has 0 amide bonds. The molecule has 1 aliphatic carbocycles. The van der Waals surface area contributed by atoms with Gasteiger partial charge in [-0.15, -0.1) is 0 Å². The van der Waals surface area contributed by atoms with E-state index in [2.05, 4.69) is 25.6 Å². The molecule has 1 N–H and O–H groups in total. The number of hydrogen-bond acceptors (Lipinski definition) is 4. The first kappa shape index (κ1) is 16.7. The van der Waals surface area contributed by atoms with Crippen LogP contribution in [0.5, 0.6) is 5.75 Å². The lowest BCUT2D eigenvalue weighted by Gasteiger charge is -2.32. The van der Waals surface area contributed by atoms with Crippen molar-refractivity contribution in [3.63, 3.8) is 0 Å². The van der Waals surface area contributed by atoms with E-state index in [4.69, 9.17) is 4.74 Å². The lowest BCUT2D eigenvalue weighted by atomic mass is 9.93. The number of sulfonamides is 1. The second kappa shape index (κ2) is 7.07. The van der Waals surface area contributed by atoms with E-state index in [-0.39, 0.29) is 12.1 Å². The van der Waals surface area contributed by atoms with Crippen molar-refractivity contribution in [2.24, 2.45) is 0 Å². The third kappa shape index (κ3) is 4.66. The third-order valence-electron chi connectivity index (χ3n) is 3.63. The highest BCUT2D eigenvalue weighted by molar-refractivity contribution is 9.10. The highest BCUT2D eigenvalue weighted by atomic mass is 79.9. The predicted octanol–water partition coefficient (Wildman–Crippen LogP) is 2.86. The van der Waals surface area contributed by atoms with Crippen LogP contribution in [0.2, 0.25) is 0 Å². The van der Waals surface area contributed by atoms with E-state index in [1.54, 1.807) is 20.0 Å². The van der Waals surface area contributed by atoms with Crippen LogP contribution in [-0.4, -0.2) is 30.8 Å². The number of aromatic nitrogens is 1. The molecule has 0 bridgehead atoms. The monoisotopic (exact) mass is 376 g/mol. The molecule has 1 aromatic heterocycles. The molecule has 7 heteroatoms. The molecule has 1 heterocycles. The van der Waals surface area contributed by atoms with Gasteiger partial charge in [-0.3, -0.25) is 0 Å². The van der Waals surface area contributed by atoms with Gasteiger partial charge in [0.1, 0.15) is 16.5 Å². The van der Waals surface area contributed by atoms with E-state index < -0.39 is 15.3 Å². The lowest BCUT2D eigenvalue weighted by Crippen LogP contribution is -2.49. The molecular weight excluding hydrogens is 356 g/mol. The average molecular weight is 377 g/mol. The third-order valence-corrected chi connectivity index (χ3v) is 5.97. The molecule has 0 aliphatic heterocycles. The Balaban J connectivity index is 2.07. The second-order valence-electron chi connectivity index (χ2n) is 5.58. The molecule has 2 rings (SSSR count). The molecule has 0 saturated heterocycles. The molecule has 1 aliphatic rings. The van der Waals surface area contributed by atoms with Crippen LogP contribution in [0.25, 0.3) is 0 Å². The van der Waals surface area contributed by atoms with Crippen LogP contribution < -0.4 is 9.46 Å². The number of pyridine rings is 1. The Morgan fingerprint density at radius 1 is 1.33 bits per heavy atom. The van der Waals surface area contributed by atoms with Gasteiger partial charge in [-0.25, -0.2) is 18.1 Å². The van der Waals surface area contributed by atoms with E-state index in [1.807, 2.05) is 12.1 Å². The zero-order valence-corrected chi connectivity index (χ0v) is 14.7. The van der Waals surface area contributed by atoms with Gasteiger partial charge in [-0.05, 0) is 61.2 Å². The van der Waals surface area contributed by atoms with E-state index in [1.165, 1.54) is 0 Å². The molecule has 2 atom stereocenters. The maximum atomic E-state index is 12.1. The van der Waals surface area contributed by atoms with E-state index >= 15 is 0 Å². The molecule has 5 nitrogen and oxygen atoms in total. The maximum Gasteiger partial charge on any atom is 0.214 e. The summed E-state index contributed by atoms with van der Waals surface area (Å²) in [5.74, 6) is 0.666. The first-order valence-electron chi connectivity index (χ1n) is 7.18. The van der Waals surface area contributed by atoms with Gasteiger partial charge in [0, 0.05) is 0 Å². The Morgan fingerprint density at radius 2 is 2.05 bits per heavy atom. The van der Waals surface area contributed by atoms with Gasteiger partial charge in [0.2, 0.25) is 10.0 Å². The SMILES string of the molecule is CC(C)S(=O)(=O)N[C@H]1CCCC[C@H]1Oc1ccc(Br)nc1. The highest BCUT2D eigenvalue weighted by Gasteiger charge is 2.31. The van der Waals surface area contributed by atoms with E-state index in [9.17, 15) is 8.42 Å². The molecule has 1 fully saturated rings. The molecule has 0 aromatic carbocycles. The molecular formula is C14H21BrN2O3S. The van der Waals surface area contributed by atoms with Gasteiger partial charge >= 0.3 is 0 Å². The first-order chi connectivity index (χ1) is 9.88. The molecule has 0 radical (unpaired) electrons. The van der Waals surface area contributed by atoms with E-state index in [0.717, 1.165) is 30.3 Å². The van der Waals surface area contributed by atoms with Gasteiger partial charge in [0.05, 0.1) is 17.5 Å². The number of rotatable bonds is 5. The summed E-state index contributed by atoms with van der Waals surface area (Å²) in [4.78, 5) is 4.13. The smallest absolute Gasteiger partial charge is 0.214 e. The Morgan fingerprint density at radius 3 is 2.67 bits per heavy atom. The van der Waals surface area contributed by atoms with Crippen molar-refractivity contribution in [1.29, 1.82) is 0 Å². The quantitative estimate of drug-likeness (QED) is 0.802. The summed E-state index contributed by atoms with van der Waals surface area (Å²) in [5.41, 5.74) is 0. The largest absolute Gasteiger partial charge is 0.487 e. The van der Waals surface area contributed by atoms with Crippen LogP contribution in [0.15, 0.2) is 22.9 Å². The lowest BCUT2D eigenvalue weighted by molar-refractivity contribution is 0.124. The van der Waals surface area contributed by atoms with Crippen LogP contribution in [0, 0.1) is 0 Å². The van der Waals surface area contributed by atoms with Crippen molar-refractivity contribution in [3.05, 3.63) is 22.9 Å². The van der Waals surface area contributed by atoms with Crippen molar-refractivity contribution in [2.45, 2.75) is 56.9 Å². The Labute approximate surface area is 134 Å². The van der Waals surface area contributed by atoms with Gasteiger partial charge in [-0.1, -0.05) is 6.42 Å². The van der Waals surface area contributed by atoms with Crippen LogP contribution >= 0.6 is 15.9 Å². The van der Waals surface area contributed by atoms with Gasteiger partial charge in [0.25, 0.3) is 0 Å². The summed E-state index contributed by atoms with van der Waals surface area (Å²) in [7, 11) is -3.28. The fourth-order valence-electron chi connectivity index (χ4n) is 2.33. The molecule has 118 valence electrons. The van der Waals surface area contributed by atoms with Crippen LogP contribution in [0.1, 0.15) is 39.5 Å². The molecule has 0 unspecified atom stereocenters. The second-order valence-corrected chi connectivity index (χ2v) is 8.66. The summed E-state index contributed by atoms with van der Waals surface area (Å²) in [6.07, 6.45) is 5.22. The fourth-order valence-corrected chi connectivity index (χ4v) is 3.52. The Hall–Kier alpha value is -0.660. The molecule has 0 spiro atoms. The zero-order valence-electron chi connectivity index (χ0n) is 12.3. The minimum Gasteiger partial charge on any atom is -0.487 e. The van der Waals surface area contributed by atoms with Gasteiger partial charge in [-0.2, -0.15) is 0 Å². The van der Waals surface area contributed by atoms with Gasteiger partial charge < -0.3 is 4.74 Å². The first-order valence-corrected chi connectivity index (χ1v) is 9.52. The normalized spacial score (nSPS) is 23.2. The summed E-state index contributed by atoms with van der Waals surface area (Å²) >= 11 is 3.28. The fraction of sp³-hybridized carbons (Fsp3) is 0.643. The summed E-state index contributed by atoms with van der Waals surface area (Å²) < 4.78 is 33.6. The van der Waals surface area contributed by atoms with Gasteiger partial charge in [0.15, 0.2) is 0 Å². The number of nitrogens with one attached hydrogen (secondary N) is 1. The topological polar surface area (TPSA) is 68.3 Å². The maximum absolute atomic E-state index is 12.1. The minimum atomic E-state index is -3.28. The number of ether oxygens (including phenoxy) is 1. The Kier molecular flexibility index (Phi) is 5.62. The highest BCUT2D eigenvalue weighted by Crippen LogP contribution is 2.25. The number of hydrogen-bond donors (Lipinski definition) is 1. The Bertz CT molecular complexity index is 560. The predicted molar refractivity (Wildman–Crippen MR) is 85.8 cm³/mol. The molecule has 1 aromatic rings. The average Bonchev–Trinajstić information content (AvgIpc) is 2.43. The van der Waals surface area contributed by atoms with Crippen LogP contribution in [0.3, 0.4) is 0 Å². The summed E-state index contributed by atoms with van der Waals surface area (Å²) in [6, 6.07) is 3.47. The standard InChI is InChI=1S/C14H21BrN2O3S/c1-10(2)21(18,19)17-12-5-3-4-6-13(12)20-11-7-8-14(15)16-9-11/h7-10,12-13,17H,3-6H2,1-2H3/t12-,13+/m0/s1. The van der Waals surface area contributed by atoms with E-state index in [0.29, 0.717) is 5.75 Å². The summed E-state index contributed by atoms with van der Waals surface area (Å²) in [6.45, 7) is 3.36.